The Labute approximate surface area is 102 Å². The average Bonchev–Trinajstić information content (AvgIpc) is 2.39. The minimum absolute atomic E-state index is 0.352. The van der Waals surface area contributed by atoms with Gasteiger partial charge in [-0.3, -0.25) is 0 Å². The molecule has 1 aliphatic carbocycles. The van der Waals surface area contributed by atoms with E-state index in [9.17, 15) is 5.11 Å². The first-order valence-electron chi connectivity index (χ1n) is 6.18. The van der Waals surface area contributed by atoms with Gasteiger partial charge in [0.1, 0.15) is 5.75 Å². The zero-order chi connectivity index (χ0) is 11.7. The van der Waals surface area contributed by atoms with Crippen molar-refractivity contribution in [2.45, 2.75) is 25.2 Å². The Morgan fingerprint density at radius 2 is 1.59 bits per heavy atom. The highest BCUT2D eigenvalue weighted by atomic mass is 16.3. The molecule has 0 radical (unpaired) electrons. The molecular weight excluding hydrogens is 208 g/mol. The standard InChI is InChI=1S/C16H16O/c17-16-9-7-13(8-10-16)15-6-5-12-3-1-2-4-14(12)11-15/h1-4,7-10,15,17H,5-6,11H2. The normalized spacial score (nSPS) is 18.7. The fourth-order valence-electron chi connectivity index (χ4n) is 2.73. The van der Waals surface area contributed by atoms with Crippen LogP contribution in [0.1, 0.15) is 29.0 Å². The van der Waals surface area contributed by atoms with Crippen LogP contribution in [0.5, 0.6) is 5.75 Å². The van der Waals surface area contributed by atoms with Crippen LogP contribution in [0.3, 0.4) is 0 Å². The summed E-state index contributed by atoms with van der Waals surface area (Å²) in [6.07, 6.45) is 3.50. The number of hydrogen-bond acceptors (Lipinski definition) is 1. The SMILES string of the molecule is Oc1ccc(C2CCc3ccccc3C2)cc1. The molecule has 0 heterocycles. The molecule has 0 spiro atoms. The quantitative estimate of drug-likeness (QED) is 0.783. The molecule has 1 N–H and O–H groups in total. The van der Waals surface area contributed by atoms with Crippen molar-refractivity contribution in [2.24, 2.45) is 0 Å². The van der Waals surface area contributed by atoms with Gasteiger partial charge in [0, 0.05) is 0 Å². The van der Waals surface area contributed by atoms with Crippen molar-refractivity contribution in [2.75, 3.05) is 0 Å². The third-order valence-electron chi connectivity index (χ3n) is 3.71. The van der Waals surface area contributed by atoms with E-state index < -0.39 is 0 Å². The summed E-state index contributed by atoms with van der Waals surface area (Å²) in [5.74, 6) is 0.954. The van der Waals surface area contributed by atoms with Crippen molar-refractivity contribution < 1.29 is 5.11 Å². The molecular formula is C16H16O. The summed E-state index contributed by atoms with van der Waals surface area (Å²) >= 11 is 0. The molecule has 1 aliphatic rings. The lowest BCUT2D eigenvalue weighted by Gasteiger charge is -2.24. The Morgan fingerprint density at radius 3 is 2.35 bits per heavy atom. The van der Waals surface area contributed by atoms with Gasteiger partial charge in [0.25, 0.3) is 0 Å². The second kappa shape index (κ2) is 4.25. The topological polar surface area (TPSA) is 20.2 Å². The minimum atomic E-state index is 0.352. The van der Waals surface area contributed by atoms with Gasteiger partial charge in [-0.2, -0.15) is 0 Å². The van der Waals surface area contributed by atoms with Crippen LogP contribution in [0.4, 0.5) is 0 Å². The predicted molar refractivity (Wildman–Crippen MR) is 69.3 cm³/mol. The molecule has 17 heavy (non-hydrogen) atoms. The Morgan fingerprint density at radius 1 is 0.882 bits per heavy atom. The van der Waals surface area contributed by atoms with Gasteiger partial charge >= 0.3 is 0 Å². The van der Waals surface area contributed by atoms with Crippen LogP contribution in [0, 0.1) is 0 Å². The molecule has 1 atom stereocenters. The molecule has 0 saturated heterocycles. The molecule has 1 heteroatoms. The summed E-state index contributed by atoms with van der Waals surface area (Å²) in [4.78, 5) is 0. The lowest BCUT2D eigenvalue weighted by atomic mass is 9.80. The Bertz CT molecular complexity index is 513. The highest BCUT2D eigenvalue weighted by Crippen LogP contribution is 2.32. The summed E-state index contributed by atoms with van der Waals surface area (Å²) in [5, 5.41) is 9.31. The largest absolute Gasteiger partial charge is 0.508 e. The molecule has 86 valence electrons. The number of aromatic hydroxyl groups is 1. The number of aryl methyl sites for hydroxylation is 1. The van der Waals surface area contributed by atoms with Gasteiger partial charge in [-0.1, -0.05) is 36.4 Å². The van der Waals surface area contributed by atoms with Gasteiger partial charge < -0.3 is 5.11 Å². The molecule has 2 aromatic carbocycles. The van der Waals surface area contributed by atoms with Crippen molar-refractivity contribution in [3.63, 3.8) is 0 Å². The maximum atomic E-state index is 9.31. The Hall–Kier alpha value is -1.76. The summed E-state index contributed by atoms with van der Waals surface area (Å²) in [6.45, 7) is 0. The number of phenols is 1. The lowest BCUT2D eigenvalue weighted by Crippen LogP contribution is -2.12. The summed E-state index contributed by atoms with van der Waals surface area (Å²) in [6, 6.07) is 16.4. The third-order valence-corrected chi connectivity index (χ3v) is 3.71. The van der Waals surface area contributed by atoms with Crippen LogP contribution in [-0.4, -0.2) is 5.11 Å². The van der Waals surface area contributed by atoms with Crippen molar-refractivity contribution >= 4 is 0 Å². The molecule has 3 rings (SSSR count). The van der Waals surface area contributed by atoms with Gasteiger partial charge in [0.2, 0.25) is 0 Å². The monoisotopic (exact) mass is 224 g/mol. The minimum Gasteiger partial charge on any atom is -0.508 e. The average molecular weight is 224 g/mol. The van der Waals surface area contributed by atoms with Crippen LogP contribution in [0.2, 0.25) is 0 Å². The molecule has 0 aliphatic heterocycles. The van der Waals surface area contributed by atoms with E-state index >= 15 is 0 Å². The highest BCUT2D eigenvalue weighted by Gasteiger charge is 2.19. The fourth-order valence-corrected chi connectivity index (χ4v) is 2.73. The van der Waals surface area contributed by atoms with Crippen LogP contribution in [0.15, 0.2) is 48.5 Å². The highest BCUT2D eigenvalue weighted by molar-refractivity contribution is 5.35. The van der Waals surface area contributed by atoms with Gasteiger partial charge in [-0.05, 0) is 54.0 Å². The van der Waals surface area contributed by atoms with E-state index in [-0.39, 0.29) is 0 Å². The van der Waals surface area contributed by atoms with Crippen LogP contribution < -0.4 is 0 Å². The van der Waals surface area contributed by atoms with E-state index in [0.29, 0.717) is 11.7 Å². The fraction of sp³-hybridized carbons (Fsp3) is 0.250. The van der Waals surface area contributed by atoms with Crippen molar-refractivity contribution in [3.05, 3.63) is 65.2 Å². The molecule has 2 aromatic rings. The number of phenolic OH excluding ortho intramolecular Hbond substituents is 1. The van der Waals surface area contributed by atoms with E-state index in [0.717, 1.165) is 6.42 Å². The second-order valence-corrected chi connectivity index (χ2v) is 4.80. The maximum absolute atomic E-state index is 9.31. The smallest absolute Gasteiger partial charge is 0.115 e. The zero-order valence-corrected chi connectivity index (χ0v) is 9.76. The first-order chi connectivity index (χ1) is 8.33. The van der Waals surface area contributed by atoms with E-state index in [1.807, 2.05) is 12.1 Å². The van der Waals surface area contributed by atoms with Crippen LogP contribution >= 0.6 is 0 Å². The van der Waals surface area contributed by atoms with Crippen LogP contribution in [-0.2, 0) is 12.8 Å². The summed E-state index contributed by atoms with van der Waals surface area (Å²) in [5.41, 5.74) is 4.33. The third kappa shape index (κ3) is 2.05. The second-order valence-electron chi connectivity index (χ2n) is 4.80. The molecule has 0 saturated carbocycles. The number of benzene rings is 2. The summed E-state index contributed by atoms with van der Waals surface area (Å²) in [7, 11) is 0. The molecule has 0 amide bonds. The van der Waals surface area contributed by atoms with Gasteiger partial charge in [-0.15, -0.1) is 0 Å². The number of rotatable bonds is 1. The van der Waals surface area contributed by atoms with E-state index in [4.69, 9.17) is 0 Å². The maximum Gasteiger partial charge on any atom is 0.115 e. The molecule has 0 bridgehead atoms. The first-order valence-corrected chi connectivity index (χ1v) is 6.18. The van der Waals surface area contributed by atoms with E-state index in [2.05, 4.69) is 24.3 Å². The van der Waals surface area contributed by atoms with Crippen LogP contribution in [0.25, 0.3) is 0 Å². The number of fused-ring (bicyclic) bond motifs is 1. The Kier molecular flexibility index (Phi) is 2.60. The van der Waals surface area contributed by atoms with Gasteiger partial charge in [-0.25, -0.2) is 0 Å². The van der Waals surface area contributed by atoms with Gasteiger partial charge in [0.05, 0.1) is 0 Å². The lowest BCUT2D eigenvalue weighted by molar-refractivity contribution is 0.474. The van der Waals surface area contributed by atoms with Crippen molar-refractivity contribution in [3.8, 4) is 5.75 Å². The Balaban J connectivity index is 1.86. The van der Waals surface area contributed by atoms with Crippen molar-refractivity contribution in [1.82, 2.24) is 0 Å². The number of hydrogen-bond donors (Lipinski definition) is 1. The van der Waals surface area contributed by atoms with E-state index in [1.54, 1.807) is 12.1 Å². The molecule has 1 nitrogen and oxygen atoms in total. The van der Waals surface area contributed by atoms with E-state index in [1.165, 1.54) is 29.5 Å². The van der Waals surface area contributed by atoms with Crippen molar-refractivity contribution in [1.29, 1.82) is 0 Å². The zero-order valence-electron chi connectivity index (χ0n) is 9.76. The molecule has 0 fully saturated rings. The predicted octanol–water partition coefficient (Wildman–Crippen LogP) is 3.66. The molecule has 0 aromatic heterocycles. The first kappa shape index (κ1) is 10.4. The summed E-state index contributed by atoms with van der Waals surface area (Å²) < 4.78 is 0. The van der Waals surface area contributed by atoms with Gasteiger partial charge in [0.15, 0.2) is 0 Å². The molecule has 1 unspecified atom stereocenters.